The van der Waals surface area contributed by atoms with Gasteiger partial charge in [0.15, 0.2) is 0 Å². The first-order chi connectivity index (χ1) is 15.2. The Morgan fingerprint density at radius 2 is 1.75 bits per heavy atom. The molecule has 32 heavy (non-hydrogen) atoms. The Bertz CT molecular complexity index is 1190. The van der Waals surface area contributed by atoms with Crippen molar-refractivity contribution in [2.24, 2.45) is 0 Å². The molecule has 1 unspecified atom stereocenters. The molecule has 0 heterocycles. The average molecular weight is 490 g/mol. The monoisotopic (exact) mass is 489 g/mol. The number of amides is 2. The minimum absolute atomic E-state index is 0.164. The summed E-state index contributed by atoms with van der Waals surface area (Å²) in [4.78, 5) is 36.1. The molecule has 0 saturated carbocycles. The highest BCUT2D eigenvalue weighted by Crippen LogP contribution is 2.29. The van der Waals surface area contributed by atoms with E-state index in [2.05, 4.69) is 10.6 Å². The van der Waals surface area contributed by atoms with Crippen LogP contribution in [0, 0.1) is 10.1 Å². The molecule has 2 amide bonds. The summed E-state index contributed by atoms with van der Waals surface area (Å²) in [6.07, 6.45) is 0. The summed E-state index contributed by atoms with van der Waals surface area (Å²) in [6, 6.07) is 17.2. The lowest BCUT2D eigenvalue weighted by atomic mass is 10.2. The molecule has 0 bridgehead atoms. The van der Waals surface area contributed by atoms with Crippen molar-refractivity contribution >= 4 is 63.8 Å². The lowest BCUT2D eigenvalue weighted by Crippen LogP contribution is -2.22. The van der Waals surface area contributed by atoms with Gasteiger partial charge in [0.25, 0.3) is 11.6 Å². The predicted molar refractivity (Wildman–Crippen MR) is 128 cm³/mol. The number of nitro benzene ring substituents is 1. The van der Waals surface area contributed by atoms with Crippen LogP contribution in [0.15, 0.2) is 71.6 Å². The molecule has 0 fully saturated rings. The van der Waals surface area contributed by atoms with E-state index >= 15 is 0 Å². The van der Waals surface area contributed by atoms with Gasteiger partial charge in [-0.2, -0.15) is 0 Å². The summed E-state index contributed by atoms with van der Waals surface area (Å²) in [5.74, 6) is -0.718. The van der Waals surface area contributed by atoms with Crippen molar-refractivity contribution in [2.75, 3.05) is 10.6 Å². The zero-order valence-corrected chi connectivity index (χ0v) is 19.0. The highest BCUT2D eigenvalue weighted by atomic mass is 35.5. The highest BCUT2D eigenvalue weighted by molar-refractivity contribution is 8.00. The molecule has 3 aromatic rings. The van der Waals surface area contributed by atoms with Crippen molar-refractivity contribution in [3.63, 3.8) is 0 Å². The third kappa shape index (κ3) is 6.23. The minimum Gasteiger partial charge on any atom is -0.324 e. The number of rotatable bonds is 7. The fourth-order valence-corrected chi connectivity index (χ4v) is 4.08. The summed E-state index contributed by atoms with van der Waals surface area (Å²) in [7, 11) is 0. The highest BCUT2D eigenvalue weighted by Gasteiger charge is 2.17. The van der Waals surface area contributed by atoms with E-state index in [9.17, 15) is 19.7 Å². The topological polar surface area (TPSA) is 101 Å². The molecule has 3 aromatic carbocycles. The van der Waals surface area contributed by atoms with Gasteiger partial charge in [0.2, 0.25) is 5.91 Å². The molecule has 7 nitrogen and oxygen atoms in total. The first-order valence-corrected chi connectivity index (χ1v) is 10.9. The van der Waals surface area contributed by atoms with E-state index in [1.54, 1.807) is 43.3 Å². The van der Waals surface area contributed by atoms with Crippen LogP contribution in [-0.4, -0.2) is 22.0 Å². The maximum atomic E-state index is 12.5. The Labute approximate surface area is 198 Å². The number of nitrogens with one attached hydrogen (secondary N) is 2. The largest absolute Gasteiger partial charge is 0.324 e. The van der Waals surface area contributed by atoms with Crippen molar-refractivity contribution in [1.82, 2.24) is 0 Å². The number of anilines is 2. The number of carbonyl (C=O) groups excluding carboxylic acids is 2. The van der Waals surface area contributed by atoms with Gasteiger partial charge < -0.3 is 10.6 Å². The lowest BCUT2D eigenvalue weighted by molar-refractivity contribution is -0.384. The van der Waals surface area contributed by atoms with E-state index in [1.807, 2.05) is 6.07 Å². The standard InChI is InChI=1S/C22H17Cl2N3O4S/c1-13(21(28)26-20-9-8-15(23)11-19(20)24)32-18-7-3-5-16(12-18)25-22(29)14-4-2-6-17(10-14)27(30)31/h2-13H,1H3,(H,25,29)(H,26,28). The van der Waals surface area contributed by atoms with Gasteiger partial charge >= 0.3 is 0 Å². The van der Waals surface area contributed by atoms with Crippen LogP contribution in [0.1, 0.15) is 17.3 Å². The van der Waals surface area contributed by atoms with Crippen molar-refractivity contribution in [2.45, 2.75) is 17.1 Å². The summed E-state index contributed by atoms with van der Waals surface area (Å²) in [5.41, 5.74) is 0.971. The van der Waals surface area contributed by atoms with Crippen molar-refractivity contribution < 1.29 is 14.5 Å². The third-order valence-corrected chi connectivity index (χ3v) is 5.92. The second-order valence-corrected chi connectivity index (χ2v) is 8.92. The summed E-state index contributed by atoms with van der Waals surface area (Å²) in [6.45, 7) is 1.75. The molecule has 0 radical (unpaired) electrons. The minimum atomic E-state index is -0.558. The zero-order chi connectivity index (χ0) is 23.3. The molecule has 3 rings (SSSR count). The van der Waals surface area contributed by atoms with E-state index in [-0.39, 0.29) is 17.2 Å². The second kappa shape index (κ2) is 10.5. The quantitative estimate of drug-likeness (QED) is 0.231. The molecule has 2 N–H and O–H groups in total. The predicted octanol–water partition coefficient (Wildman–Crippen LogP) is 6.27. The maximum absolute atomic E-state index is 12.5. The molecule has 0 spiro atoms. The van der Waals surface area contributed by atoms with E-state index in [0.29, 0.717) is 21.4 Å². The normalized spacial score (nSPS) is 11.5. The summed E-state index contributed by atoms with van der Waals surface area (Å²) in [5, 5.41) is 16.7. The van der Waals surface area contributed by atoms with E-state index < -0.39 is 16.1 Å². The number of hydrogen-bond acceptors (Lipinski definition) is 5. The van der Waals surface area contributed by atoms with Crippen LogP contribution in [0.2, 0.25) is 10.0 Å². The number of hydrogen-bond donors (Lipinski definition) is 2. The van der Waals surface area contributed by atoms with E-state index in [0.717, 1.165) is 4.90 Å². The molecular weight excluding hydrogens is 473 g/mol. The van der Waals surface area contributed by atoms with Crippen LogP contribution in [0.5, 0.6) is 0 Å². The van der Waals surface area contributed by atoms with Crippen LogP contribution in [0.4, 0.5) is 17.1 Å². The molecule has 1 atom stereocenters. The molecule has 0 aromatic heterocycles. The first-order valence-electron chi connectivity index (χ1n) is 9.31. The van der Waals surface area contributed by atoms with Crippen molar-refractivity contribution in [1.29, 1.82) is 0 Å². The van der Waals surface area contributed by atoms with Crippen molar-refractivity contribution in [3.8, 4) is 0 Å². The van der Waals surface area contributed by atoms with E-state index in [4.69, 9.17) is 23.2 Å². The third-order valence-electron chi connectivity index (χ3n) is 4.28. The number of thioether (sulfide) groups is 1. The smallest absolute Gasteiger partial charge is 0.270 e. The number of nitrogens with zero attached hydrogens (tertiary/aromatic N) is 1. The fraction of sp³-hybridized carbons (Fsp3) is 0.0909. The molecule has 0 aliphatic rings. The molecule has 164 valence electrons. The van der Waals surface area contributed by atoms with Gasteiger partial charge in [-0.15, -0.1) is 11.8 Å². The van der Waals surface area contributed by atoms with Crippen LogP contribution < -0.4 is 10.6 Å². The zero-order valence-electron chi connectivity index (χ0n) is 16.7. The van der Waals surface area contributed by atoms with Crippen LogP contribution in [0.3, 0.4) is 0 Å². The van der Waals surface area contributed by atoms with Gasteiger partial charge in [-0.3, -0.25) is 19.7 Å². The lowest BCUT2D eigenvalue weighted by Gasteiger charge is -2.14. The van der Waals surface area contributed by atoms with Crippen LogP contribution in [-0.2, 0) is 4.79 Å². The Morgan fingerprint density at radius 1 is 1.00 bits per heavy atom. The maximum Gasteiger partial charge on any atom is 0.270 e. The van der Waals surface area contributed by atoms with E-state index in [1.165, 1.54) is 36.0 Å². The SMILES string of the molecule is CC(Sc1cccc(NC(=O)c2cccc([N+](=O)[O-])c2)c1)C(=O)Nc1ccc(Cl)cc1Cl. The molecule has 0 aliphatic carbocycles. The summed E-state index contributed by atoms with van der Waals surface area (Å²) < 4.78 is 0. The first kappa shape index (κ1) is 23.6. The Morgan fingerprint density at radius 3 is 2.47 bits per heavy atom. The number of carbonyl (C=O) groups is 2. The van der Waals surface area contributed by atoms with Crippen molar-refractivity contribution in [3.05, 3.63) is 92.5 Å². The van der Waals surface area contributed by atoms with Crippen LogP contribution >= 0.6 is 35.0 Å². The number of benzene rings is 3. The van der Waals surface area contributed by atoms with Crippen LogP contribution in [0.25, 0.3) is 0 Å². The number of nitro groups is 1. The van der Waals surface area contributed by atoms with Gasteiger partial charge in [-0.05, 0) is 49.4 Å². The Hall–Kier alpha value is -3.07. The second-order valence-electron chi connectivity index (χ2n) is 6.66. The van der Waals surface area contributed by atoms with Gasteiger partial charge in [0, 0.05) is 33.3 Å². The fourth-order valence-electron chi connectivity index (χ4n) is 2.69. The number of non-ortho nitro benzene ring substituents is 1. The Balaban J connectivity index is 1.65. The van der Waals surface area contributed by atoms with Gasteiger partial charge in [-0.1, -0.05) is 35.3 Å². The van der Waals surface area contributed by atoms with Gasteiger partial charge in [-0.25, -0.2) is 0 Å². The number of halogens is 2. The molecule has 0 aliphatic heterocycles. The Kier molecular flexibility index (Phi) is 7.74. The average Bonchev–Trinajstić information content (AvgIpc) is 2.76. The molecular formula is C22H17Cl2N3O4S. The summed E-state index contributed by atoms with van der Waals surface area (Å²) >= 11 is 13.3. The van der Waals surface area contributed by atoms with Gasteiger partial charge in [0.05, 0.1) is 20.9 Å². The molecule has 10 heteroatoms. The van der Waals surface area contributed by atoms with Gasteiger partial charge in [0.1, 0.15) is 0 Å². The molecule has 0 saturated heterocycles.